The SMILES string of the molecule is O=C(OO)C(Br)c1ccccc1. The van der Waals surface area contributed by atoms with E-state index in [0.717, 1.165) is 5.56 Å². The molecule has 0 aliphatic carbocycles. The Bertz CT molecular complexity index is 260. The molecule has 0 aromatic heterocycles. The second kappa shape index (κ2) is 4.23. The fourth-order valence-electron chi connectivity index (χ4n) is 0.804. The van der Waals surface area contributed by atoms with Crippen LogP contribution in [0.3, 0.4) is 0 Å². The first-order valence-electron chi connectivity index (χ1n) is 3.30. The van der Waals surface area contributed by atoms with Crippen molar-refractivity contribution in [1.82, 2.24) is 0 Å². The highest BCUT2D eigenvalue weighted by atomic mass is 79.9. The van der Waals surface area contributed by atoms with E-state index in [2.05, 4.69) is 20.8 Å². The van der Waals surface area contributed by atoms with Crippen LogP contribution in [0.2, 0.25) is 0 Å². The smallest absolute Gasteiger partial charge is 0.299 e. The van der Waals surface area contributed by atoms with Gasteiger partial charge in [0.25, 0.3) is 0 Å². The summed E-state index contributed by atoms with van der Waals surface area (Å²) >= 11 is 3.08. The Kier molecular flexibility index (Phi) is 3.25. The van der Waals surface area contributed by atoms with Crippen LogP contribution in [0, 0.1) is 0 Å². The van der Waals surface area contributed by atoms with Crippen LogP contribution in [0.4, 0.5) is 0 Å². The monoisotopic (exact) mass is 230 g/mol. The van der Waals surface area contributed by atoms with E-state index in [-0.39, 0.29) is 0 Å². The van der Waals surface area contributed by atoms with Gasteiger partial charge in [0.2, 0.25) is 0 Å². The van der Waals surface area contributed by atoms with Crippen LogP contribution in [0.1, 0.15) is 10.4 Å². The van der Waals surface area contributed by atoms with Gasteiger partial charge in [-0.1, -0.05) is 46.3 Å². The van der Waals surface area contributed by atoms with Gasteiger partial charge in [-0.2, -0.15) is 5.26 Å². The van der Waals surface area contributed by atoms with Gasteiger partial charge in [-0.05, 0) is 5.56 Å². The summed E-state index contributed by atoms with van der Waals surface area (Å²) in [6.07, 6.45) is 0. The molecular weight excluding hydrogens is 224 g/mol. The van der Waals surface area contributed by atoms with E-state index < -0.39 is 10.8 Å². The topological polar surface area (TPSA) is 46.5 Å². The number of rotatable bonds is 2. The predicted octanol–water partition coefficient (Wildman–Crippen LogP) is 2.14. The summed E-state index contributed by atoms with van der Waals surface area (Å²) in [7, 11) is 0. The maximum absolute atomic E-state index is 10.8. The molecule has 0 radical (unpaired) electrons. The van der Waals surface area contributed by atoms with Gasteiger partial charge in [-0.3, -0.25) is 4.89 Å². The highest BCUT2D eigenvalue weighted by Crippen LogP contribution is 2.22. The summed E-state index contributed by atoms with van der Waals surface area (Å²) in [6, 6.07) is 8.96. The van der Waals surface area contributed by atoms with Crippen LogP contribution >= 0.6 is 15.9 Å². The highest BCUT2D eigenvalue weighted by molar-refractivity contribution is 9.09. The van der Waals surface area contributed by atoms with E-state index >= 15 is 0 Å². The molecule has 1 unspecified atom stereocenters. The molecule has 0 saturated heterocycles. The summed E-state index contributed by atoms with van der Waals surface area (Å²) in [6.45, 7) is 0. The molecule has 0 aliphatic rings. The third-order valence-corrected chi connectivity index (χ3v) is 2.29. The fraction of sp³-hybridized carbons (Fsp3) is 0.125. The van der Waals surface area contributed by atoms with Gasteiger partial charge in [0.1, 0.15) is 4.83 Å². The summed E-state index contributed by atoms with van der Waals surface area (Å²) < 4.78 is 0. The average molecular weight is 231 g/mol. The highest BCUT2D eigenvalue weighted by Gasteiger charge is 2.17. The van der Waals surface area contributed by atoms with Crippen molar-refractivity contribution in [2.75, 3.05) is 0 Å². The van der Waals surface area contributed by atoms with Crippen LogP contribution < -0.4 is 0 Å². The zero-order valence-corrected chi connectivity index (χ0v) is 7.69. The number of carbonyl (C=O) groups excluding carboxylic acids is 1. The first-order chi connectivity index (χ1) is 5.75. The molecule has 12 heavy (non-hydrogen) atoms. The molecule has 0 saturated carbocycles. The van der Waals surface area contributed by atoms with Crippen molar-refractivity contribution in [2.45, 2.75) is 4.83 Å². The lowest BCUT2D eigenvalue weighted by Gasteiger charge is -2.04. The Labute approximate surface area is 78.0 Å². The van der Waals surface area contributed by atoms with Crippen molar-refractivity contribution in [2.24, 2.45) is 0 Å². The molecule has 0 fully saturated rings. The van der Waals surface area contributed by atoms with Crippen LogP contribution in [0.15, 0.2) is 30.3 Å². The second-order valence-corrected chi connectivity index (χ2v) is 3.10. The van der Waals surface area contributed by atoms with E-state index in [0.29, 0.717) is 0 Å². The van der Waals surface area contributed by atoms with Crippen molar-refractivity contribution < 1.29 is 14.9 Å². The third kappa shape index (κ3) is 2.06. The molecular formula is C8H7BrO3. The number of hydrogen-bond donors (Lipinski definition) is 1. The molecule has 1 N–H and O–H groups in total. The number of carbonyl (C=O) groups is 1. The van der Waals surface area contributed by atoms with Crippen LogP contribution in [-0.2, 0) is 9.68 Å². The van der Waals surface area contributed by atoms with Crippen LogP contribution in [-0.4, -0.2) is 11.2 Å². The Balaban J connectivity index is 2.78. The second-order valence-electron chi connectivity index (χ2n) is 2.18. The minimum absolute atomic E-state index is 0.608. The number of alkyl halides is 1. The lowest BCUT2D eigenvalue weighted by molar-refractivity contribution is -0.233. The molecule has 1 atom stereocenters. The minimum Gasteiger partial charge on any atom is -0.299 e. The van der Waals surface area contributed by atoms with Crippen molar-refractivity contribution in [3.63, 3.8) is 0 Å². The molecule has 0 spiro atoms. The van der Waals surface area contributed by atoms with Crippen molar-refractivity contribution in [3.8, 4) is 0 Å². The van der Waals surface area contributed by atoms with Crippen molar-refractivity contribution in [3.05, 3.63) is 35.9 Å². The normalized spacial score (nSPS) is 12.2. The summed E-state index contributed by atoms with van der Waals surface area (Å²) in [5.41, 5.74) is 0.747. The van der Waals surface area contributed by atoms with Gasteiger partial charge in [0.05, 0.1) is 0 Å². The zero-order valence-electron chi connectivity index (χ0n) is 6.11. The van der Waals surface area contributed by atoms with E-state index in [1.807, 2.05) is 6.07 Å². The lowest BCUT2D eigenvalue weighted by atomic mass is 10.2. The lowest BCUT2D eigenvalue weighted by Crippen LogP contribution is -2.08. The maximum atomic E-state index is 10.8. The van der Waals surface area contributed by atoms with E-state index in [1.54, 1.807) is 24.3 Å². The Hall–Kier alpha value is -0.870. The van der Waals surface area contributed by atoms with E-state index in [1.165, 1.54) is 0 Å². The quantitative estimate of drug-likeness (QED) is 0.481. The maximum Gasteiger partial charge on any atom is 0.359 e. The molecule has 1 aromatic carbocycles. The largest absolute Gasteiger partial charge is 0.359 e. The Morgan fingerprint density at radius 2 is 2.00 bits per heavy atom. The van der Waals surface area contributed by atoms with Crippen LogP contribution in [0.25, 0.3) is 0 Å². The molecule has 0 heterocycles. The standard InChI is InChI=1S/C8H7BrO3/c9-7(8(10)12-11)6-4-2-1-3-5-6/h1-5,7,11H. The van der Waals surface area contributed by atoms with Gasteiger partial charge in [0, 0.05) is 0 Å². The van der Waals surface area contributed by atoms with Gasteiger partial charge in [-0.25, -0.2) is 4.79 Å². The Morgan fingerprint density at radius 1 is 1.42 bits per heavy atom. The molecule has 1 rings (SSSR count). The molecule has 1 aromatic rings. The van der Waals surface area contributed by atoms with Crippen molar-refractivity contribution in [1.29, 1.82) is 0 Å². The summed E-state index contributed by atoms with van der Waals surface area (Å²) in [5.74, 6) is -0.721. The van der Waals surface area contributed by atoms with Gasteiger partial charge in [-0.15, -0.1) is 0 Å². The number of benzene rings is 1. The molecule has 0 aliphatic heterocycles. The summed E-state index contributed by atoms with van der Waals surface area (Å²) in [5, 5.41) is 8.09. The van der Waals surface area contributed by atoms with E-state index in [9.17, 15) is 4.79 Å². The molecule has 0 amide bonds. The molecule has 3 nitrogen and oxygen atoms in total. The minimum atomic E-state index is -0.721. The van der Waals surface area contributed by atoms with Gasteiger partial charge >= 0.3 is 5.97 Å². The van der Waals surface area contributed by atoms with Crippen molar-refractivity contribution >= 4 is 21.9 Å². The fourth-order valence-corrected chi connectivity index (χ4v) is 1.19. The summed E-state index contributed by atoms with van der Waals surface area (Å²) in [4.78, 5) is 13.8. The number of halogens is 1. The number of hydrogen-bond acceptors (Lipinski definition) is 3. The zero-order chi connectivity index (χ0) is 8.97. The van der Waals surface area contributed by atoms with Crippen LogP contribution in [0.5, 0.6) is 0 Å². The van der Waals surface area contributed by atoms with Gasteiger partial charge < -0.3 is 0 Å². The third-order valence-electron chi connectivity index (χ3n) is 1.39. The first kappa shape index (κ1) is 9.22. The van der Waals surface area contributed by atoms with E-state index in [4.69, 9.17) is 5.26 Å². The molecule has 0 bridgehead atoms. The first-order valence-corrected chi connectivity index (χ1v) is 4.21. The molecule has 64 valence electrons. The molecule has 4 heteroatoms. The average Bonchev–Trinajstić information content (AvgIpc) is 2.17. The Morgan fingerprint density at radius 3 is 2.50 bits per heavy atom. The van der Waals surface area contributed by atoms with Gasteiger partial charge in [0.15, 0.2) is 0 Å². The predicted molar refractivity (Wildman–Crippen MR) is 46.8 cm³/mol.